The fraction of sp³-hybridized carbons (Fsp3) is 0.409. The number of nitrogens with zero attached hydrogens (tertiary/aromatic N) is 6. The van der Waals surface area contributed by atoms with Crippen LogP contribution >= 0.6 is 0 Å². The number of anilines is 3. The van der Waals surface area contributed by atoms with Crippen molar-refractivity contribution in [3.8, 4) is 0 Å². The summed E-state index contributed by atoms with van der Waals surface area (Å²) in [5.74, 6) is 2.26. The number of aryl methyl sites for hydroxylation is 1. The van der Waals surface area contributed by atoms with Crippen molar-refractivity contribution in [2.45, 2.75) is 27.7 Å². The Hall–Kier alpha value is -3.29. The third kappa shape index (κ3) is 4.17. The summed E-state index contributed by atoms with van der Waals surface area (Å²) in [6.45, 7) is 11.0. The molecule has 3 aromatic rings. The Morgan fingerprint density at radius 2 is 1.73 bits per heavy atom. The number of carbonyl (C=O) groups excluding carboxylic acids is 1. The third-order valence-electron chi connectivity index (χ3n) is 5.21. The zero-order valence-electron chi connectivity index (χ0n) is 17.9. The fourth-order valence-electron chi connectivity index (χ4n) is 3.45. The molecule has 0 aliphatic carbocycles. The second-order valence-electron chi connectivity index (χ2n) is 8.57. The van der Waals surface area contributed by atoms with E-state index in [1.54, 1.807) is 12.4 Å². The van der Waals surface area contributed by atoms with Gasteiger partial charge in [0.1, 0.15) is 17.5 Å². The zero-order chi connectivity index (χ0) is 21.3. The summed E-state index contributed by atoms with van der Waals surface area (Å²) in [6.07, 6.45) is 5.39. The van der Waals surface area contributed by atoms with E-state index in [2.05, 4.69) is 30.1 Å². The SMILES string of the molecule is Cc1nc(N2CCN(c3ccc(NC(=O)C(C)(C)C)nc3)CC2)c2ccncc2n1. The number of fused-ring (bicyclic) bond motifs is 1. The van der Waals surface area contributed by atoms with E-state index in [1.807, 2.05) is 52.1 Å². The lowest BCUT2D eigenvalue weighted by atomic mass is 9.96. The number of nitrogens with one attached hydrogen (secondary N) is 1. The average Bonchev–Trinajstić information content (AvgIpc) is 2.73. The molecule has 1 aliphatic rings. The maximum Gasteiger partial charge on any atom is 0.230 e. The van der Waals surface area contributed by atoms with Gasteiger partial charge in [0.05, 0.1) is 23.6 Å². The van der Waals surface area contributed by atoms with Crippen LogP contribution in [0.1, 0.15) is 26.6 Å². The lowest BCUT2D eigenvalue weighted by Gasteiger charge is -2.37. The maximum absolute atomic E-state index is 12.1. The van der Waals surface area contributed by atoms with Crippen LogP contribution in [0.3, 0.4) is 0 Å². The Labute approximate surface area is 176 Å². The van der Waals surface area contributed by atoms with Gasteiger partial charge in [-0.1, -0.05) is 20.8 Å². The first-order valence-electron chi connectivity index (χ1n) is 10.2. The first kappa shape index (κ1) is 20.0. The van der Waals surface area contributed by atoms with Crippen molar-refractivity contribution in [1.82, 2.24) is 19.9 Å². The minimum atomic E-state index is -0.448. The summed E-state index contributed by atoms with van der Waals surface area (Å²) < 4.78 is 0. The standard InChI is InChI=1S/C22H27N7O/c1-15-25-18-14-23-8-7-17(18)20(26-15)29-11-9-28(10-12-29)16-5-6-19(24-13-16)27-21(30)22(2,3)4/h5-8,13-14H,9-12H2,1-4H3,(H,24,27,30). The van der Waals surface area contributed by atoms with Gasteiger partial charge in [0.15, 0.2) is 0 Å². The Morgan fingerprint density at radius 3 is 2.40 bits per heavy atom. The topological polar surface area (TPSA) is 87.1 Å². The van der Waals surface area contributed by atoms with Gasteiger partial charge in [0, 0.05) is 43.2 Å². The third-order valence-corrected chi connectivity index (χ3v) is 5.21. The number of carbonyl (C=O) groups is 1. The monoisotopic (exact) mass is 405 g/mol. The average molecular weight is 406 g/mol. The summed E-state index contributed by atoms with van der Waals surface area (Å²) in [7, 11) is 0. The highest BCUT2D eigenvalue weighted by Crippen LogP contribution is 2.26. The van der Waals surface area contributed by atoms with Crippen LogP contribution in [-0.4, -0.2) is 52.0 Å². The molecule has 4 heterocycles. The number of piperazine rings is 1. The quantitative estimate of drug-likeness (QED) is 0.717. The van der Waals surface area contributed by atoms with Crippen molar-refractivity contribution in [2.24, 2.45) is 5.41 Å². The van der Waals surface area contributed by atoms with Crippen LogP contribution in [0.4, 0.5) is 17.3 Å². The molecular formula is C22H27N7O. The molecule has 0 radical (unpaired) electrons. The van der Waals surface area contributed by atoms with E-state index >= 15 is 0 Å². The second-order valence-corrected chi connectivity index (χ2v) is 8.57. The van der Waals surface area contributed by atoms with E-state index in [0.717, 1.165) is 54.4 Å². The van der Waals surface area contributed by atoms with Crippen molar-refractivity contribution in [1.29, 1.82) is 0 Å². The minimum absolute atomic E-state index is 0.0427. The van der Waals surface area contributed by atoms with Crippen molar-refractivity contribution in [2.75, 3.05) is 41.3 Å². The molecule has 1 saturated heterocycles. The molecule has 4 rings (SSSR count). The van der Waals surface area contributed by atoms with Crippen LogP contribution < -0.4 is 15.1 Å². The largest absolute Gasteiger partial charge is 0.367 e. The number of hydrogen-bond acceptors (Lipinski definition) is 7. The number of pyridine rings is 2. The molecule has 0 aromatic carbocycles. The predicted octanol–water partition coefficient (Wildman–Crippen LogP) is 3.04. The Bertz CT molecular complexity index is 1050. The predicted molar refractivity (Wildman–Crippen MR) is 119 cm³/mol. The summed E-state index contributed by atoms with van der Waals surface area (Å²) in [4.78, 5) is 34.5. The van der Waals surface area contributed by atoms with Gasteiger partial charge in [0.25, 0.3) is 0 Å². The summed E-state index contributed by atoms with van der Waals surface area (Å²) in [5.41, 5.74) is 1.48. The molecule has 0 spiro atoms. The zero-order valence-corrected chi connectivity index (χ0v) is 17.9. The maximum atomic E-state index is 12.1. The molecule has 0 unspecified atom stereocenters. The Balaban J connectivity index is 1.43. The van der Waals surface area contributed by atoms with Crippen LogP contribution in [0.5, 0.6) is 0 Å². The van der Waals surface area contributed by atoms with Crippen molar-refractivity contribution in [3.63, 3.8) is 0 Å². The van der Waals surface area contributed by atoms with Crippen molar-refractivity contribution in [3.05, 3.63) is 42.6 Å². The summed E-state index contributed by atoms with van der Waals surface area (Å²) >= 11 is 0. The summed E-state index contributed by atoms with van der Waals surface area (Å²) in [6, 6.07) is 5.85. The lowest BCUT2D eigenvalue weighted by Crippen LogP contribution is -2.47. The highest BCUT2D eigenvalue weighted by molar-refractivity contribution is 5.93. The molecule has 8 heteroatoms. The first-order chi connectivity index (χ1) is 14.3. The Morgan fingerprint density at radius 1 is 1.00 bits per heavy atom. The van der Waals surface area contributed by atoms with Crippen molar-refractivity contribution < 1.29 is 4.79 Å². The molecule has 1 N–H and O–H groups in total. The van der Waals surface area contributed by atoms with Crippen LogP contribution in [-0.2, 0) is 4.79 Å². The van der Waals surface area contributed by atoms with E-state index in [-0.39, 0.29) is 5.91 Å². The van der Waals surface area contributed by atoms with Crippen LogP contribution in [0, 0.1) is 12.3 Å². The van der Waals surface area contributed by atoms with Crippen LogP contribution in [0.2, 0.25) is 0 Å². The molecule has 0 saturated carbocycles. The molecule has 8 nitrogen and oxygen atoms in total. The number of rotatable bonds is 3. The van der Waals surface area contributed by atoms with E-state index in [1.165, 1.54) is 0 Å². The molecular weight excluding hydrogens is 378 g/mol. The first-order valence-corrected chi connectivity index (χ1v) is 10.2. The van der Waals surface area contributed by atoms with Gasteiger partial charge < -0.3 is 15.1 Å². The van der Waals surface area contributed by atoms with Crippen molar-refractivity contribution >= 4 is 34.1 Å². The van der Waals surface area contributed by atoms with E-state index in [0.29, 0.717) is 5.82 Å². The van der Waals surface area contributed by atoms with Gasteiger partial charge in [-0.05, 0) is 25.1 Å². The van der Waals surface area contributed by atoms with E-state index in [4.69, 9.17) is 4.98 Å². The van der Waals surface area contributed by atoms with E-state index < -0.39 is 5.41 Å². The summed E-state index contributed by atoms with van der Waals surface area (Å²) in [5, 5.41) is 3.90. The molecule has 3 aromatic heterocycles. The lowest BCUT2D eigenvalue weighted by molar-refractivity contribution is -0.123. The van der Waals surface area contributed by atoms with Crippen LogP contribution in [0.15, 0.2) is 36.8 Å². The minimum Gasteiger partial charge on any atom is -0.367 e. The highest BCUT2D eigenvalue weighted by atomic mass is 16.2. The Kier molecular flexibility index (Phi) is 5.24. The van der Waals surface area contributed by atoms with Gasteiger partial charge in [-0.25, -0.2) is 15.0 Å². The second kappa shape index (κ2) is 7.85. The van der Waals surface area contributed by atoms with Gasteiger partial charge in [0.2, 0.25) is 5.91 Å². The number of amides is 1. The molecule has 1 aliphatic heterocycles. The molecule has 1 fully saturated rings. The van der Waals surface area contributed by atoms with Gasteiger partial charge >= 0.3 is 0 Å². The van der Waals surface area contributed by atoms with Gasteiger partial charge in [-0.15, -0.1) is 0 Å². The van der Waals surface area contributed by atoms with Gasteiger partial charge in [-0.3, -0.25) is 9.78 Å². The molecule has 0 bridgehead atoms. The molecule has 1 amide bonds. The normalized spacial score (nSPS) is 14.8. The highest BCUT2D eigenvalue weighted by Gasteiger charge is 2.23. The number of aromatic nitrogens is 4. The van der Waals surface area contributed by atoms with Gasteiger partial charge in [-0.2, -0.15) is 0 Å². The fourth-order valence-corrected chi connectivity index (χ4v) is 3.45. The molecule has 0 atom stereocenters. The molecule has 30 heavy (non-hydrogen) atoms. The molecule has 156 valence electrons. The van der Waals surface area contributed by atoms with Crippen LogP contribution in [0.25, 0.3) is 10.9 Å². The van der Waals surface area contributed by atoms with E-state index in [9.17, 15) is 4.79 Å². The smallest absolute Gasteiger partial charge is 0.230 e. The number of hydrogen-bond donors (Lipinski definition) is 1.